The van der Waals surface area contributed by atoms with Crippen LogP contribution in [0.3, 0.4) is 0 Å². The van der Waals surface area contributed by atoms with Crippen LogP contribution in [-0.4, -0.2) is 50.8 Å². The molecular formula is C21H28N4O4. The van der Waals surface area contributed by atoms with Gasteiger partial charge in [0, 0.05) is 24.2 Å². The molecule has 29 heavy (non-hydrogen) atoms. The molecule has 2 N–H and O–H groups in total. The van der Waals surface area contributed by atoms with Crippen molar-refractivity contribution in [3.63, 3.8) is 0 Å². The highest BCUT2D eigenvalue weighted by atomic mass is 16.5. The minimum Gasteiger partial charge on any atom is -0.389 e. The van der Waals surface area contributed by atoms with Crippen LogP contribution in [0.1, 0.15) is 61.5 Å². The van der Waals surface area contributed by atoms with E-state index >= 15 is 0 Å². The highest BCUT2D eigenvalue weighted by molar-refractivity contribution is 5.99. The molecule has 0 spiro atoms. The van der Waals surface area contributed by atoms with Gasteiger partial charge >= 0.3 is 0 Å². The average Bonchev–Trinajstić information content (AvgIpc) is 3.09. The average molecular weight is 400 g/mol. The number of fused-ring (bicyclic) bond motifs is 1. The van der Waals surface area contributed by atoms with Crippen LogP contribution in [0.2, 0.25) is 0 Å². The summed E-state index contributed by atoms with van der Waals surface area (Å²) in [5.74, 6) is 0.473. The third-order valence-electron chi connectivity index (χ3n) is 6.35. The molecule has 1 aliphatic heterocycles. The van der Waals surface area contributed by atoms with Gasteiger partial charge in [-0.1, -0.05) is 13.3 Å². The minimum atomic E-state index is -0.637. The molecule has 1 saturated heterocycles. The number of ketones is 1. The maximum Gasteiger partial charge on any atom is 0.263 e. The molecular weight excluding hydrogens is 372 g/mol. The Morgan fingerprint density at radius 3 is 2.79 bits per heavy atom. The first-order valence-electron chi connectivity index (χ1n) is 10.3. The van der Waals surface area contributed by atoms with E-state index in [1.165, 1.54) is 6.92 Å². The van der Waals surface area contributed by atoms with Crippen LogP contribution >= 0.6 is 0 Å². The molecule has 0 amide bonds. The minimum absolute atomic E-state index is 0.0140. The normalized spacial score (nSPS) is 27.3. The predicted octanol–water partition coefficient (Wildman–Crippen LogP) is 2.23. The molecule has 3 heterocycles. The lowest BCUT2D eigenvalue weighted by Crippen LogP contribution is -2.42. The van der Waals surface area contributed by atoms with Crippen molar-refractivity contribution in [2.24, 2.45) is 5.92 Å². The van der Waals surface area contributed by atoms with Gasteiger partial charge in [-0.3, -0.25) is 14.2 Å². The highest BCUT2D eigenvalue weighted by Crippen LogP contribution is 2.36. The van der Waals surface area contributed by atoms with Gasteiger partial charge in [-0.05, 0) is 44.6 Å². The SMILES string of the molecule is CC(=O)c1c(C)c2cnc(N[C@H]3CCOC[C@H]3O)nc2n([C@H]2CCC[C@@H]2C)c1=O. The number of hydrogen-bond acceptors (Lipinski definition) is 7. The zero-order valence-electron chi connectivity index (χ0n) is 17.1. The summed E-state index contributed by atoms with van der Waals surface area (Å²) in [5.41, 5.74) is 1.13. The van der Waals surface area contributed by atoms with Crippen molar-refractivity contribution < 1.29 is 14.6 Å². The zero-order chi connectivity index (χ0) is 20.7. The number of carbonyl (C=O) groups is 1. The summed E-state index contributed by atoms with van der Waals surface area (Å²) in [6, 6.07) is -0.190. The van der Waals surface area contributed by atoms with E-state index in [2.05, 4.69) is 22.2 Å². The molecule has 156 valence electrons. The van der Waals surface area contributed by atoms with Crippen molar-refractivity contribution in [1.29, 1.82) is 0 Å². The number of aliphatic hydroxyl groups is 1. The number of rotatable bonds is 4. The van der Waals surface area contributed by atoms with E-state index in [4.69, 9.17) is 4.74 Å². The second-order valence-corrected chi connectivity index (χ2v) is 8.32. The van der Waals surface area contributed by atoms with Crippen LogP contribution in [0.25, 0.3) is 11.0 Å². The van der Waals surface area contributed by atoms with Crippen molar-refractivity contribution in [2.75, 3.05) is 18.5 Å². The number of aromatic nitrogens is 3. The number of aliphatic hydroxyl groups excluding tert-OH is 1. The number of hydrogen-bond donors (Lipinski definition) is 2. The predicted molar refractivity (Wildman–Crippen MR) is 109 cm³/mol. The lowest BCUT2D eigenvalue weighted by Gasteiger charge is -2.28. The lowest BCUT2D eigenvalue weighted by molar-refractivity contribution is -0.0136. The number of carbonyl (C=O) groups excluding carboxylic acids is 1. The molecule has 0 aromatic carbocycles. The van der Waals surface area contributed by atoms with Gasteiger partial charge in [-0.15, -0.1) is 0 Å². The number of anilines is 1. The summed E-state index contributed by atoms with van der Waals surface area (Å²) in [4.78, 5) is 34.7. The standard InChI is InChI=1S/C21H28N4O4/c1-11-5-4-6-16(11)25-19-14(12(2)18(13(3)26)20(25)28)9-22-21(24-19)23-15-7-8-29-10-17(15)27/h9,11,15-17,27H,4-8,10H2,1-3H3,(H,22,23,24)/t11-,15-,16-,17+/m0/s1. The molecule has 0 unspecified atom stereocenters. The van der Waals surface area contributed by atoms with Crippen molar-refractivity contribution in [3.8, 4) is 0 Å². The van der Waals surface area contributed by atoms with E-state index < -0.39 is 6.10 Å². The monoisotopic (exact) mass is 400 g/mol. The van der Waals surface area contributed by atoms with E-state index in [9.17, 15) is 14.7 Å². The molecule has 8 heteroatoms. The molecule has 4 rings (SSSR count). The number of nitrogens with zero attached hydrogens (tertiary/aromatic N) is 3. The van der Waals surface area contributed by atoms with Crippen molar-refractivity contribution >= 4 is 22.8 Å². The van der Waals surface area contributed by atoms with Gasteiger partial charge in [-0.25, -0.2) is 4.98 Å². The first kappa shape index (κ1) is 20.0. The Morgan fingerprint density at radius 1 is 1.34 bits per heavy atom. The Hall–Kier alpha value is -2.32. The van der Waals surface area contributed by atoms with Gasteiger partial charge < -0.3 is 15.2 Å². The first-order chi connectivity index (χ1) is 13.9. The molecule has 0 radical (unpaired) electrons. The van der Waals surface area contributed by atoms with Crippen LogP contribution in [0.5, 0.6) is 0 Å². The number of aryl methyl sites for hydroxylation is 1. The Kier molecular flexibility index (Phi) is 5.40. The Labute approximate surface area is 169 Å². The van der Waals surface area contributed by atoms with E-state index in [0.29, 0.717) is 41.5 Å². The van der Waals surface area contributed by atoms with Gasteiger partial charge in [0.25, 0.3) is 5.56 Å². The fourth-order valence-electron chi connectivity index (χ4n) is 4.69. The number of ether oxygens (including phenoxy) is 1. The first-order valence-corrected chi connectivity index (χ1v) is 10.3. The molecule has 0 bridgehead atoms. The number of nitrogens with one attached hydrogen (secondary N) is 1. The van der Waals surface area contributed by atoms with Gasteiger partial charge in [-0.2, -0.15) is 4.98 Å². The van der Waals surface area contributed by atoms with Crippen LogP contribution in [0.4, 0.5) is 5.95 Å². The van der Waals surface area contributed by atoms with Crippen molar-refractivity contribution in [2.45, 2.75) is 64.6 Å². The molecule has 1 aliphatic carbocycles. The van der Waals surface area contributed by atoms with E-state index in [1.807, 2.05) is 0 Å². The van der Waals surface area contributed by atoms with Crippen molar-refractivity contribution in [3.05, 3.63) is 27.7 Å². The Balaban J connectivity index is 1.86. The van der Waals surface area contributed by atoms with E-state index in [-0.39, 0.29) is 35.6 Å². The smallest absolute Gasteiger partial charge is 0.263 e. The number of Topliss-reactive ketones (excluding diaryl/α,β-unsaturated/α-hetero) is 1. The summed E-state index contributed by atoms with van der Waals surface area (Å²) < 4.78 is 6.99. The third-order valence-corrected chi connectivity index (χ3v) is 6.35. The topological polar surface area (TPSA) is 106 Å². The largest absolute Gasteiger partial charge is 0.389 e. The molecule has 2 fully saturated rings. The molecule has 2 aromatic heterocycles. The van der Waals surface area contributed by atoms with Crippen LogP contribution in [-0.2, 0) is 4.74 Å². The number of pyridine rings is 1. The fraction of sp³-hybridized carbons (Fsp3) is 0.619. The second-order valence-electron chi connectivity index (χ2n) is 8.32. The van der Waals surface area contributed by atoms with Crippen molar-refractivity contribution in [1.82, 2.24) is 14.5 Å². The molecule has 4 atom stereocenters. The van der Waals surface area contributed by atoms with Crippen LogP contribution in [0.15, 0.2) is 11.0 Å². The van der Waals surface area contributed by atoms with Gasteiger partial charge in [0.15, 0.2) is 5.78 Å². The maximum absolute atomic E-state index is 13.3. The quantitative estimate of drug-likeness (QED) is 0.758. The summed E-state index contributed by atoms with van der Waals surface area (Å²) in [5, 5.41) is 14.1. The molecule has 2 aliphatic rings. The molecule has 8 nitrogen and oxygen atoms in total. The van der Waals surface area contributed by atoms with Gasteiger partial charge in [0.05, 0.1) is 24.3 Å². The Bertz CT molecular complexity index is 1000. The summed E-state index contributed by atoms with van der Waals surface area (Å²) in [6.45, 7) is 6.19. The Morgan fingerprint density at radius 2 is 2.14 bits per heavy atom. The van der Waals surface area contributed by atoms with Gasteiger partial charge in [0.2, 0.25) is 5.95 Å². The summed E-state index contributed by atoms with van der Waals surface area (Å²) in [7, 11) is 0. The molecule has 1 saturated carbocycles. The zero-order valence-corrected chi connectivity index (χ0v) is 17.1. The van der Waals surface area contributed by atoms with Crippen LogP contribution in [0, 0.1) is 12.8 Å². The maximum atomic E-state index is 13.3. The summed E-state index contributed by atoms with van der Waals surface area (Å²) >= 11 is 0. The molecule has 2 aromatic rings. The lowest BCUT2D eigenvalue weighted by atomic mass is 10.0. The second kappa shape index (κ2) is 7.84. The third kappa shape index (κ3) is 3.55. The van der Waals surface area contributed by atoms with Gasteiger partial charge in [0.1, 0.15) is 5.65 Å². The fourth-order valence-corrected chi connectivity index (χ4v) is 4.69. The van der Waals surface area contributed by atoms with E-state index in [1.54, 1.807) is 17.7 Å². The summed E-state index contributed by atoms with van der Waals surface area (Å²) in [6.07, 6.45) is 4.68. The highest BCUT2D eigenvalue weighted by Gasteiger charge is 2.31. The van der Waals surface area contributed by atoms with E-state index in [0.717, 1.165) is 19.3 Å². The van der Waals surface area contributed by atoms with Crippen LogP contribution < -0.4 is 10.9 Å².